The molecule has 0 saturated heterocycles. The average molecular weight is 254 g/mol. The lowest BCUT2D eigenvalue weighted by atomic mass is 9.82. The van der Waals surface area contributed by atoms with Gasteiger partial charge in [-0.05, 0) is 30.4 Å². The van der Waals surface area contributed by atoms with E-state index < -0.39 is 5.97 Å². The predicted octanol–water partition coefficient (Wildman–Crippen LogP) is 2.64. The maximum Gasteiger partial charge on any atom is 0.338 e. The van der Waals surface area contributed by atoms with E-state index in [-0.39, 0.29) is 11.5 Å². The molecule has 1 aromatic heterocycles. The van der Waals surface area contributed by atoms with Crippen molar-refractivity contribution in [3.05, 3.63) is 59.2 Å². The molecular formula is C15H14N2O2. The summed E-state index contributed by atoms with van der Waals surface area (Å²) >= 11 is 0. The van der Waals surface area contributed by atoms with E-state index in [4.69, 9.17) is 5.11 Å². The Morgan fingerprint density at radius 1 is 1.21 bits per heavy atom. The van der Waals surface area contributed by atoms with Gasteiger partial charge in [-0.3, -0.25) is 0 Å². The van der Waals surface area contributed by atoms with Gasteiger partial charge in [0, 0.05) is 18.3 Å². The van der Waals surface area contributed by atoms with Crippen LogP contribution in [0, 0.1) is 0 Å². The molecule has 96 valence electrons. The van der Waals surface area contributed by atoms with Crippen molar-refractivity contribution in [1.82, 2.24) is 9.97 Å². The molecule has 1 heterocycles. The van der Waals surface area contributed by atoms with Crippen LogP contribution < -0.4 is 0 Å². The third-order valence-corrected chi connectivity index (χ3v) is 3.60. The number of aromatic carboxylic acids is 1. The van der Waals surface area contributed by atoms with E-state index in [2.05, 4.69) is 28.2 Å². The van der Waals surface area contributed by atoms with Gasteiger partial charge >= 0.3 is 5.97 Å². The van der Waals surface area contributed by atoms with E-state index in [0.29, 0.717) is 0 Å². The fourth-order valence-electron chi connectivity index (χ4n) is 2.65. The summed E-state index contributed by atoms with van der Waals surface area (Å²) in [5, 5.41) is 8.86. The van der Waals surface area contributed by atoms with Crippen molar-refractivity contribution in [2.75, 3.05) is 0 Å². The molecule has 2 aromatic rings. The van der Waals surface area contributed by atoms with Crippen LogP contribution in [-0.4, -0.2) is 21.0 Å². The Balaban J connectivity index is 1.97. The van der Waals surface area contributed by atoms with Crippen molar-refractivity contribution in [1.29, 1.82) is 0 Å². The zero-order valence-electron chi connectivity index (χ0n) is 10.4. The molecule has 1 unspecified atom stereocenters. The monoisotopic (exact) mass is 254 g/mol. The molecule has 0 fully saturated rings. The molecule has 1 aliphatic rings. The second kappa shape index (κ2) is 4.80. The first-order chi connectivity index (χ1) is 9.25. The molecule has 0 aliphatic heterocycles. The van der Waals surface area contributed by atoms with Crippen LogP contribution in [0.25, 0.3) is 0 Å². The largest absolute Gasteiger partial charge is 0.478 e. The smallest absolute Gasteiger partial charge is 0.338 e. The van der Waals surface area contributed by atoms with Crippen molar-refractivity contribution in [3.63, 3.8) is 0 Å². The van der Waals surface area contributed by atoms with Crippen LogP contribution in [0.2, 0.25) is 0 Å². The first-order valence-electron chi connectivity index (χ1n) is 6.39. The summed E-state index contributed by atoms with van der Waals surface area (Å²) in [5.74, 6) is -0.0828. The van der Waals surface area contributed by atoms with Crippen LogP contribution >= 0.6 is 0 Å². The van der Waals surface area contributed by atoms with E-state index in [9.17, 15) is 4.79 Å². The van der Waals surface area contributed by atoms with E-state index in [1.807, 2.05) is 6.07 Å². The lowest BCUT2D eigenvalue weighted by Crippen LogP contribution is -2.14. The number of benzene rings is 1. The summed E-state index contributed by atoms with van der Waals surface area (Å²) in [6.07, 6.45) is 6.01. The lowest BCUT2D eigenvalue weighted by molar-refractivity contribution is 0.0696. The second-order valence-electron chi connectivity index (χ2n) is 4.78. The molecule has 4 heteroatoms. The second-order valence-corrected chi connectivity index (χ2v) is 4.78. The Bertz CT molecular complexity index is 608. The number of aryl methyl sites for hydroxylation is 1. The van der Waals surface area contributed by atoms with Gasteiger partial charge in [0.15, 0.2) is 0 Å². The fourth-order valence-corrected chi connectivity index (χ4v) is 2.65. The summed E-state index contributed by atoms with van der Waals surface area (Å²) in [5.41, 5.74) is 2.76. The van der Waals surface area contributed by atoms with Gasteiger partial charge in [-0.25, -0.2) is 14.8 Å². The maximum absolute atomic E-state index is 10.8. The molecule has 0 spiro atoms. The Kier molecular flexibility index (Phi) is 2.99. The first-order valence-corrected chi connectivity index (χ1v) is 6.39. The zero-order chi connectivity index (χ0) is 13.2. The summed E-state index contributed by atoms with van der Waals surface area (Å²) in [6, 6.07) is 8.35. The van der Waals surface area contributed by atoms with Crippen LogP contribution in [-0.2, 0) is 6.42 Å². The highest BCUT2D eigenvalue weighted by Gasteiger charge is 2.23. The van der Waals surface area contributed by atoms with E-state index in [0.717, 1.165) is 25.1 Å². The highest BCUT2D eigenvalue weighted by Crippen LogP contribution is 2.34. The number of hydrogen-bond acceptors (Lipinski definition) is 3. The SMILES string of the molecule is O=C(O)c1cnc(C2CCCc3ccccc32)nc1. The zero-order valence-corrected chi connectivity index (χ0v) is 10.4. The molecule has 19 heavy (non-hydrogen) atoms. The molecule has 3 rings (SSSR count). The number of rotatable bonds is 2. The van der Waals surface area contributed by atoms with E-state index in [1.165, 1.54) is 23.5 Å². The summed E-state index contributed by atoms with van der Waals surface area (Å²) in [7, 11) is 0. The first kappa shape index (κ1) is 11.8. The number of aromatic nitrogens is 2. The van der Waals surface area contributed by atoms with Gasteiger partial charge in [0.25, 0.3) is 0 Å². The molecule has 0 saturated carbocycles. The van der Waals surface area contributed by atoms with Gasteiger partial charge in [0.05, 0.1) is 5.56 Å². The third kappa shape index (κ3) is 2.21. The third-order valence-electron chi connectivity index (χ3n) is 3.60. The Morgan fingerprint density at radius 3 is 2.68 bits per heavy atom. The Morgan fingerprint density at radius 2 is 1.95 bits per heavy atom. The standard InChI is InChI=1S/C15H14N2O2/c18-15(19)11-8-16-14(17-9-11)13-7-3-5-10-4-1-2-6-12(10)13/h1-2,4,6,8-9,13H,3,5,7H2,(H,18,19). The average Bonchev–Trinajstić information content (AvgIpc) is 2.47. The van der Waals surface area contributed by atoms with Crippen LogP contribution in [0.4, 0.5) is 0 Å². The summed E-state index contributed by atoms with van der Waals surface area (Å²) in [4.78, 5) is 19.3. The van der Waals surface area contributed by atoms with Crippen LogP contribution in [0.5, 0.6) is 0 Å². The molecule has 1 N–H and O–H groups in total. The van der Waals surface area contributed by atoms with Gasteiger partial charge in [-0.1, -0.05) is 24.3 Å². The van der Waals surface area contributed by atoms with Gasteiger partial charge < -0.3 is 5.11 Å². The number of fused-ring (bicyclic) bond motifs is 1. The summed E-state index contributed by atoms with van der Waals surface area (Å²) in [6.45, 7) is 0. The number of carboxylic acid groups (broad SMARTS) is 1. The molecular weight excluding hydrogens is 240 g/mol. The Labute approximate surface area is 111 Å². The minimum Gasteiger partial charge on any atom is -0.478 e. The molecule has 0 amide bonds. The van der Waals surface area contributed by atoms with Crippen molar-refractivity contribution in [3.8, 4) is 0 Å². The highest BCUT2D eigenvalue weighted by molar-refractivity contribution is 5.86. The van der Waals surface area contributed by atoms with Gasteiger partial charge in [0.2, 0.25) is 0 Å². The van der Waals surface area contributed by atoms with Crippen LogP contribution in [0.3, 0.4) is 0 Å². The van der Waals surface area contributed by atoms with Gasteiger partial charge in [-0.15, -0.1) is 0 Å². The van der Waals surface area contributed by atoms with E-state index in [1.54, 1.807) is 0 Å². The molecule has 4 nitrogen and oxygen atoms in total. The highest BCUT2D eigenvalue weighted by atomic mass is 16.4. The van der Waals surface area contributed by atoms with Crippen molar-refractivity contribution in [2.24, 2.45) is 0 Å². The van der Waals surface area contributed by atoms with Gasteiger partial charge in [-0.2, -0.15) is 0 Å². The fraction of sp³-hybridized carbons (Fsp3) is 0.267. The number of carbonyl (C=O) groups is 1. The molecule has 0 bridgehead atoms. The lowest BCUT2D eigenvalue weighted by Gasteiger charge is -2.24. The van der Waals surface area contributed by atoms with Crippen LogP contribution in [0.15, 0.2) is 36.7 Å². The molecule has 0 radical (unpaired) electrons. The number of hydrogen-bond donors (Lipinski definition) is 1. The van der Waals surface area contributed by atoms with E-state index >= 15 is 0 Å². The number of nitrogens with zero attached hydrogens (tertiary/aromatic N) is 2. The molecule has 1 aliphatic carbocycles. The quantitative estimate of drug-likeness (QED) is 0.894. The normalized spacial score (nSPS) is 17.8. The summed E-state index contributed by atoms with van der Waals surface area (Å²) < 4.78 is 0. The minimum atomic E-state index is -0.990. The molecule has 1 atom stereocenters. The van der Waals surface area contributed by atoms with Crippen molar-refractivity contribution < 1.29 is 9.90 Å². The number of carboxylic acids is 1. The predicted molar refractivity (Wildman–Crippen MR) is 70.2 cm³/mol. The minimum absolute atomic E-state index is 0.132. The van der Waals surface area contributed by atoms with Crippen molar-refractivity contribution in [2.45, 2.75) is 25.2 Å². The Hall–Kier alpha value is -2.23. The molecule has 1 aromatic carbocycles. The van der Waals surface area contributed by atoms with Crippen LogP contribution in [0.1, 0.15) is 46.1 Å². The topological polar surface area (TPSA) is 63.1 Å². The van der Waals surface area contributed by atoms with Gasteiger partial charge in [0.1, 0.15) is 5.82 Å². The maximum atomic E-state index is 10.8. The van der Waals surface area contributed by atoms with Crippen molar-refractivity contribution >= 4 is 5.97 Å².